The molecule has 2 aromatic rings. The zero-order valence-corrected chi connectivity index (χ0v) is 16.8. The molecule has 146 valence electrons. The molecule has 1 saturated heterocycles. The monoisotopic (exact) mass is 390 g/mol. The van der Waals surface area contributed by atoms with Gasteiger partial charge < -0.3 is 19.9 Å². The summed E-state index contributed by atoms with van der Waals surface area (Å²) in [5.74, 6) is 0.0579. The van der Waals surface area contributed by atoms with Crippen molar-refractivity contribution in [2.45, 2.75) is 32.4 Å². The molecule has 1 N–H and O–H groups in total. The lowest BCUT2D eigenvalue weighted by Crippen LogP contribution is -2.59. The Bertz CT molecular complexity index is 814. The summed E-state index contributed by atoms with van der Waals surface area (Å²) in [6.45, 7) is 4.33. The number of ether oxygens (including phenoxy) is 1. The Hall–Kier alpha value is -2.19. The van der Waals surface area contributed by atoms with Gasteiger partial charge in [-0.2, -0.15) is 0 Å². The van der Waals surface area contributed by atoms with Gasteiger partial charge in [0.1, 0.15) is 5.01 Å². The van der Waals surface area contributed by atoms with Gasteiger partial charge in [0.2, 0.25) is 0 Å². The molecule has 1 fully saturated rings. The molecule has 0 spiro atoms. The van der Waals surface area contributed by atoms with Crippen molar-refractivity contribution in [2.24, 2.45) is 0 Å². The molecule has 0 atom stereocenters. The SMILES string of the molecule is CCCCOC(=O)NCc1nc2ccc(C(=O)N3CC(N(C)C)C3)cc2s1. The smallest absolute Gasteiger partial charge is 0.407 e. The molecule has 0 saturated carbocycles. The largest absolute Gasteiger partial charge is 0.450 e. The number of nitrogens with one attached hydrogen (secondary N) is 1. The predicted octanol–water partition coefficient (Wildman–Crippen LogP) is 2.71. The topological polar surface area (TPSA) is 74.8 Å². The summed E-state index contributed by atoms with van der Waals surface area (Å²) < 4.78 is 6.02. The molecule has 0 aliphatic carbocycles. The van der Waals surface area contributed by atoms with Crippen LogP contribution in [0.4, 0.5) is 4.79 Å². The molecule has 3 rings (SSSR count). The van der Waals surface area contributed by atoms with Crippen LogP contribution in [0.5, 0.6) is 0 Å². The maximum atomic E-state index is 12.6. The number of carbonyl (C=O) groups is 2. The molecular weight excluding hydrogens is 364 g/mol. The van der Waals surface area contributed by atoms with E-state index in [1.54, 1.807) is 0 Å². The van der Waals surface area contributed by atoms with Crippen molar-refractivity contribution in [1.29, 1.82) is 0 Å². The van der Waals surface area contributed by atoms with E-state index in [0.29, 0.717) is 24.8 Å². The molecule has 8 heteroatoms. The van der Waals surface area contributed by atoms with Gasteiger partial charge in [-0.15, -0.1) is 11.3 Å². The number of alkyl carbamates (subject to hydrolysis) is 1. The summed E-state index contributed by atoms with van der Waals surface area (Å²) in [7, 11) is 4.07. The molecule has 27 heavy (non-hydrogen) atoms. The second-order valence-electron chi connectivity index (χ2n) is 6.96. The molecule has 1 aromatic heterocycles. The normalized spacial score (nSPS) is 14.4. The number of amides is 2. The van der Waals surface area contributed by atoms with Crippen molar-refractivity contribution in [3.05, 3.63) is 28.8 Å². The Kier molecular flexibility index (Phi) is 6.28. The second kappa shape index (κ2) is 8.67. The number of fused-ring (bicyclic) bond motifs is 1. The number of unbranched alkanes of at least 4 members (excludes halogenated alkanes) is 1. The lowest BCUT2D eigenvalue weighted by atomic mass is 10.1. The molecule has 0 radical (unpaired) electrons. The van der Waals surface area contributed by atoms with E-state index in [0.717, 1.165) is 41.2 Å². The number of thiazole rings is 1. The summed E-state index contributed by atoms with van der Waals surface area (Å²) in [5.41, 5.74) is 1.52. The zero-order chi connectivity index (χ0) is 19.4. The van der Waals surface area contributed by atoms with E-state index in [1.165, 1.54) is 11.3 Å². The van der Waals surface area contributed by atoms with E-state index in [-0.39, 0.29) is 5.91 Å². The van der Waals surface area contributed by atoms with Crippen LogP contribution in [0.25, 0.3) is 10.2 Å². The third-order valence-electron chi connectivity index (χ3n) is 4.67. The van der Waals surface area contributed by atoms with Crippen molar-refractivity contribution in [3.63, 3.8) is 0 Å². The number of hydrogen-bond acceptors (Lipinski definition) is 6. The number of likely N-dealkylation sites (tertiary alicyclic amines) is 1. The third-order valence-corrected chi connectivity index (χ3v) is 5.69. The van der Waals surface area contributed by atoms with E-state index < -0.39 is 6.09 Å². The number of carbonyl (C=O) groups excluding carboxylic acids is 2. The Morgan fingerprint density at radius 1 is 1.37 bits per heavy atom. The molecule has 2 amide bonds. The van der Waals surface area contributed by atoms with Gasteiger partial charge in [0.15, 0.2) is 0 Å². The maximum absolute atomic E-state index is 12.6. The summed E-state index contributed by atoms with van der Waals surface area (Å²) in [6, 6.07) is 6.02. The first-order valence-electron chi connectivity index (χ1n) is 9.23. The van der Waals surface area contributed by atoms with Crippen LogP contribution in [0.2, 0.25) is 0 Å². The van der Waals surface area contributed by atoms with Gasteiger partial charge in [0, 0.05) is 24.7 Å². The van der Waals surface area contributed by atoms with E-state index in [1.807, 2.05) is 44.1 Å². The van der Waals surface area contributed by atoms with Crippen LogP contribution < -0.4 is 5.32 Å². The number of likely N-dealkylation sites (N-methyl/N-ethyl adjacent to an activating group) is 1. The Morgan fingerprint density at radius 2 is 2.15 bits per heavy atom. The fraction of sp³-hybridized carbons (Fsp3) is 0.526. The summed E-state index contributed by atoms with van der Waals surface area (Å²) in [5, 5.41) is 3.51. The highest BCUT2D eigenvalue weighted by molar-refractivity contribution is 7.18. The lowest BCUT2D eigenvalue weighted by Gasteiger charge is -2.42. The number of rotatable bonds is 7. The molecule has 1 aliphatic rings. The Labute approximate surface area is 163 Å². The minimum absolute atomic E-state index is 0.0579. The highest BCUT2D eigenvalue weighted by atomic mass is 32.1. The zero-order valence-electron chi connectivity index (χ0n) is 16.0. The van der Waals surface area contributed by atoms with Gasteiger partial charge in [0.05, 0.1) is 23.4 Å². The highest BCUT2D eigenvalue weighted by Gasteiger charge is 2.32. The highest BCUT2D eigenvalue weighted by Crippen LogP contribution is 2.25. The van der Waals surface area contributed by atoms with Crippen LogP contribution in [-0.2, 0) is 11.3 Å². The van der Waals surface area contributed by atoms with Crippen molar-refractivity contribution in [1.82, 2.24) is 20.1 Å². The molecule has 0 unspecified atom stereocenters. The maximum Gasteiger partial charge on any atom is 0.407 e. The van der Waals surface area contributed by atoms with E-state index >= 15 is 0 Å². The average molecular weight is 391 g/mol. The first-order chi connectivity index (χ1) is 13.0. The summed E-state index contributed by atoms with van der Waals surface area (Å²) in [4.78, 5) is 32.7. The van der Waals surface area contributed by atoms with Crippen molar-refractivity contribution < 1.29 is 14.3 Å². The quantitative estimate of drug-likeness (QED) is 0.736. The molecule has 2 heterocycles. The molecular formula is C19H26N4O3S. The first-order valence-corrected chi connectivity index (χ1v) is 10.1. The minimum atomic E-state index is -0.424. The van der Waals surface area contributed by atoms with E-state index in [2.05, 4.69) is 15.2 Å². The fourth-order valence-electron chi connectivity index (χ4n) is 2.82. The van der Waals surface area contributed by atoms with E-state index in [4.69, 9.17) is 4.74 Å². The summed E-state index contributed by atoms with van der Waals surface area (Å²) >= 11 is 1.48. The summed E-state index contributed by atoms with van der Waals surface area (Å²) in [6.07, 6.45) is 1.42. The van der Waals surface area contributed by atoms with Crippen molar-refractivity contribution in [3.8, 4) is 0 Å². The van der Waals surface area contributed by atoms with Crippen molar-refractivity contribution in [2.75, 3.05) is 33.8 Å². The Balaban J connectivity index is 1.58. The van der Waals surface area contributed by atoms with Crippen LogP contribution in [-0.4, -0.2) is 66.6 Å². The minimum Gasteiger partial charge on any atom is -0.450 e. The standard InChI is InChI=1S/C19H26N4O3S/c1-4-5-8-26-19(25)20-10-17-21-15-7-6-13(9-16(15)27-17)18(24)23-11-14(12-23)22(2)3/h6-7,9,14H,4-5,8,10-12H2,1-3H3,(H,20,25). The van der Waals surface area contributed by atoms with Gasteiger partial charge in [-0.3, -0.25) is 4.79 Å². The first kappa shape index (κ1) is 19.6. The fourth-order valence-corrected chi connectivity index (χ4v) is 3.77. The third kappa shape index (κ3) is 4.75. The molecule has 1 aliphatic heterocycles. The molecule has 0 bridgehead atoms. The molecule has 7 nitrogen and oxygen atoms in total. The van der Waals surface area contributed by atoms with Gasteiger partial charge in [-0.25, -0.2) is 9.78 Å². The van der Waals surface area contributed by atoms with Gasteiger partial charge in [-0.05, 0) is 38.7 Å². The van der Waals surface area contributed by atoms with Crippen LogP contribution in [0.3, 0.4) is 0 Å². The number of hydrogen-bond donors (Lipinski definition) is 1. The average Bonchev–Trinajstić information content (AvgIpc) is 3.00. The number of benzene rings is 1. The van der Waals surface area contributed by atoms with Crippen LogP contribution in [0.1, 0.15) is 35.1 Å². The van der Waals surface area contributed by atoms with Crippen LogP contribution in [0, 0.1) is 0 Å². The van der Waals surface area contributed by atoms with Crippen molar-refractivity contribution >= 4 is 33.6 Å². The van der Waals surface area contributed by atoms with Crippen LogP contribution >= 0.6 is 11.3 Å². The Morgan fingerprint density at radius 3 is 2.85 bits per heavy atom. The van der Waals surface area contributed by atoms with Crippen LogP contribution in [0.15, 0.2) is 18.2 Å². The predicted molar refractivity (Wildman–Crippen MR) is 106 cm³/mol. The van der Waals surface area contributed by atoms with Gasteiger partial charge in [0.25, 0.3) is 5.91 Å². The number of nitrogens with zero attached hydrogens (tertiary/aromatic N) is 3. The second-order valence-corrected chi connectivity index (χ2v) is 8.08. The lowest BCUT2D eigenvalue weighted by molar-refractivity contribution is 0.0399. The molecule has 1 aromatic carbocycles. The van der Waals surface area contributed by atoms with Gasteiger partial charge in [-0.1, -0.05) is 13.3 Å². The number of aromatic nitrogens is 1. The van der Waals surface area contributed by atoms with Gasteiger partial charge >= 0.3 is 6.09 Å². The van der Waals surface area contributed by atoms with E-state index in [9.17, 15) is 9.59 Å².